The normalized spacial score (nSPS) is 13.0. The van der Waals surface area contributed by atoms with Gasteiger partial charge in [-0.05, 0) is 30.8 Å². The first kappa shape index (κ1) is 15.0. The third-order valence-corrected chi connectivity index (χ3v) is 1.27. The van der Waals surface area contributed by atoms with Crippen molar-refractivity contribution in [3.63, 3.8) is 0 Å². The van der Waals surface area contributed by atoms with Crippen molar-refractivity contribution in [2.24, 2.45) is 5.73 Å². The molecule has 0 saturated carbocycles. The minimum Gasteiger partial charge on any atom is -0.400 e. The molecule has 14 heavy (non-hydrogen) atoms. The van der Waals surface area contributed by atoms with E-state index in [0.29, 0.717) is 16.9 Å². The maximum absolute atomic E-state index is 10.2. The number of rotatable bonds is 1. The summed E-state index contributed by atoms with van der Waals surface area (Å²) in [5.74, 6) is 0. The lowest BCUT2D eigenvalue weighted by atomic mass is 10.0. The van der Waals surface area contributed by atoms with Gasteiger partial charge in [-0.2, -0.15) is 0 Å². The number of carbonyl (C=O) groups excluding carboxylic acids is 1. The molecule has 0 aliphatic heterocycles. The Morgan fingerprint density at radius 3 is 2.29 bits per heavy atom. The van der Waals surface area contributed by atoms with Crippen LogP contribution in [0.3, 0.4) is 0 Å². The number of allylic oxidation sites excluding steroid dienone is 5. The first-order valence-electron chi connectivity index (χ1n) is 3.89. The Kier molecular flexibility index (Phi) is 10.2. The van der Waals surface area contributed by atoms with Crippen LogP contribution in [-0.4, -0.2) is 31.3 Å². The molecule has 0 spiro atoms. The van der Waals surface area contributed by atoms with Crippen LogP contribution in [0.2, 0.25) is 0 Å². The van der Waals surface area contributed by atoms with E-state index in [1.54, 1.807) is 18.2 Å². The Morgan fingerprint density at radius 1 is 1.43 bits per heavy atom. The van der Waals surface area contributed by atoms with E-state index >= 15 is 0 Å². The highest BCUT2D eigenvalue weighted by Crippen LogP contribution is 2.08. The number of aliphatic hydroxyl groups excluding tert-OH is 1. The molecule has 4 nitrogen and oxygen atoms in total. The van der Waals surface area contributed by atoms with Gasteiger partial charge in [0.25, 0.3) is 0 Å². The zero-order valence-electron chi connectivity index (χ0n) is 8.45. The van der Waals surface area contributed by atoms with Gasteiger partial charge in [0.2, 0.25) is 0 Å². The van der Waals surface area contributed by atoms with Crippen molar-refractivity contribution in [2.75, 3.05) is 14.2 Å². The van der Waals surface area contributed by atoms with Crippen LogP contribution in [0.4, 0.5) is 0 Å². The summed E-state index contributed by atoms with van der Waals surface area (Å²) < 4.78 is 0. The van der Waals surface area contributed by atoms with Crippen LogP contribution < -0.4 is 5.73 Å². The van der Waals surface area contributed by atoms with E-state index in [4.69, 9.17) is 10.5 Å². The highest BCUT2D eigenvalue weighted by molar-refractivity contribution is 6.11. The van der Waals surface area contributed by atoms with Crippen LogP contribution in [0.5, 0.6) is 0 Å². The van der Waals surface area contributed by atoms with Crippen molar-refractivity contribution in [1.29, 1.82) is 5.41 Å². The van der Waals surface area contributed by atoms with Gasteiger partial charge in [-0.15, -0.1) is 0 Å². The number of carbonyl (C=O) groups is 1. The van der Waals surface area contributed by atoms with Crippen LogP contribution in [-0.2, 0) is 4.79 Å². The summed E-state index contributed by atoms with van der Waals surface area (Å²) in [6.07, 6.45) is 5.50. The Bertz CT molecular complexity index is 265. The molecule has 4 N–H and O–H groups in total. The summed E-state index contributed by atoms with van der Waals surface area (Å²) in [4.78, 5) is 10.2. The molecule has 0 saturated heterocycles. The quantitative estimate of drug-likeness (QED) is 0.532. The van der Waals surface area contributed by atoms with Gasteiger partial charge >= 0.3 is 0 Å². The predicted octanol–water partition coefficient (Wildman–Crippen LogP) is 0.441. The second-order valence-electron chi connectivity index (χ2n) is 2.03. The van der Waals surface area contributed by atoms with Crippen LogP contribution in [0.1, 0.15) is 0 Å². The number of hydrogen-bond donors (Lipinski definition) is 3. The monoisotopic (exact) mass is 196 g/mol. The molecule has 0 aromatic rings. The molecule has 78 valence electrons. The Labute approximate surface area is 83.9 Å². The number of nitrogens with two attached hydrogens (primary N) is 1. The van der Waals surface area contributed by atoms with Gasteiger partial charge in [0.05, 0.1) is 5.71 Å². The van der Waals surface area contributed by atoms with E-state index < -0.39 is 0 Å². The fourth-order valence-electron chi connectivity index (χ4n) is 0.687. The molecule has 0 aromatic carbocycles. The topological polar surface area (TPSA) is 87.2 Å². The zero-order chi connectivity index (χ0) is 11.6. The maximum atomic E-state index is 10.2. The summed E-state index contributed by atoms with van der Waals surface area (Å²) in [5.41, 5.74) is 6.02. The van der Waals surface area contributed by atoms with E-state index in [9.17, 15) is 4.79 Å². The molecule has 0 unspecified atom stereocenters. The van der Waals surface area contributed by atoms with Crippen molar-refractivity contribution in [1.82, 2.24) is 0 Å². The Balaban J connectivity index is 0. The third kappa shape index (κ3) is 5.18. The van der Waals surface area contributed by atoms with Crippen molar-refractivity contribution in [3.8, 4) is 0 Å². The molecule has 1 aliphatic rings. The smallest absolute Gasteiger partial charge is 0.150 e. The molecular formula is C10H16N2O2. The molecule has 0 aromatic heterocycles. The summed E-state index contributed by atoms with van der Waals surface area (Å²) in [6.45, 7) is 3.58. The van der Waals surface area contributed by atoms with E-state index in [1.807, 2.05) is 0 Å². The van der Waals surface area contributed by atoms with Crippen LogP contribution >= 0.6 is 0 Å². The second-order valence-corrected chi connectivity index (χ2v) is 2.03. The molecular weight excluding hydrogens is 180 g/mol. The van der Waals surface area contributed by atoms with Gasteiger partial charge in [-0.1, -0.05) is 6.58 Å². The van der Waals surface area contributed by atoms with E-state index in [2.05, 4.69) is 12.3 Å². The van der Waals surface area contributed by atoms with Crippen molar-refractivity contribution in [2.45, 2.75) is 0 Å². The zero-order valence-corrected chi connectivity index (χ0v) is 8.45. The SMILES string of the molecule is C=C1C=C(C=O)C=CC1=N.CN.CO. The largest absolute Gasteiger partial charge is 0.400 e. The fourth-order valence-corrected chi connectivity index (χ4v) is 0.687. The summed E-state index contributed by atoms with van der Waals surface area (Å²) >= 11 is 0. The van der Waals surface area contributed by atoms with E-state index in [0.717, 1.165) is 13.4 Å². The third-order valence-electron chi connectivity index (χ3n) is 1.27. The number of hydrogen-bond acceptors (Lipinski definition) is 4. The lowest BCUT2D eigenvalue weighted by molar-refractivity contribution is -0.104. The van der Waals surface area contributed by atoms with E-state index in [1.165, 1.54) is 7.05 Å². The minimum absolute atomic E-state index is 0.366. The van der Waals surface area contributed by atoms with Crippen molar-refractivity contribution in [3.05, 3.63) is 36.0 Å². The molecule has 0 amide bonds. The lowest BCUT2D eigenvalue weighted by Gasteiger charge is -2.02. The second kappa shape index (κ2) is 9.57. The average molecular weight is 196 g/mol. The van der Waals surface area contributed by atoms with Crippen LogP contribution in [0, 0.1) is 5.41 Å². The van der Waals surface area contributed by atoms with Gasteiger partial charge in [0, 0.05) is 12.7 Å². The van der Waals surface area contributed by atoms with Gasteiger partial charge in [-0.3, -0.25) is 4.79 Å². The van der Waals surface area contributed by atoms with E-state index in [-0.39, 0.29) is 0 Å². The highest BCUT2D eigenvalue weighted by atomic mass is 16.2. The summed E-state index contributed by atoms with van der Waals surface area (Å²) in [6, 6.07) is 0. The van der Waals surface area contributed by atoms with Crippen molar-refractivity contribution >= 4 is 12.0 Å². The maximum Gasteiger partial charge on any atom is 0.150 e. The molecule has 0 atom stereocenters. The minimum atomic E-state index is 0.366. The highest BCUT2D eigenvalue weighted by Gasteiger charge is 2.02. The van der Waals surface area contributed by atoms with Crippen LogP contribution in [0.25, 0.3) is 0 Å². The van der Waals surface area contributed by atoms with Crippen molar-refractivity contribution < 1.29 is 9.90 Å². The fraction of sp³-hybridized carbons (Fsp3) is 0.200. The van der Waals surface area contributed by atoms with Crippen LogP contribution in [0.15, 0.2) is 36.0 Å². The first-order valence-corrected chi connectivity index (χ1v) is 3.89. The molecule has 0 fully saturated rings. The average Bonchev–Trinajstić information content (AvgIpc) is 2.28. The first-order chi connectivity index (χ1) is 6.74. The Hall–Kier alpha value is -1.52. The number of aldehydes is 1. The van der Waals surface area contributed by atoms with Gasteiger partial charge in [0.15, 0.2) is 0 Å². The summed E-state index contributed by atoms with van der Waals surface area (Å²) in [5, 5.41) is 14.2. The molecule has 0 radical (unpaired) electrons. The predicted molar refractivity (Wildman–Crippen MR) is 58.4 cm³/mol. The van der Waals surface area contributed by atoms with Gasteiger partial charge < -0.3 is 16.2 Å². The lowest BCUT2D eigenvalue weighted by Crippen LogP contribution is -1.99. The Morgan fingerprint density at radius 2 is 1.93 bits per heavy atom. The standard InChI is InChI=1S/C8H7NO.CH5N.CH4O/c1-6-4-7(5-10)2-3-8(6)9;2*1-2/h2-5,9H,1H2;2H2,1H3;2H,1H3. The van der Waals surface area contributed by atoms with Gasteiger partial charge in [0.1, 0.15) is 6.29 Å². The molecule has 0 bridgehead atoms. The molecule has 1 aliphatic carbocycles. The molecule has 1 rings (SSSR count). The van der Waals surface area contributed by atoms with Gasteiger partial charge in [-0.25, -0.2) is 0 Å². The molecule has 4 heteroatoms. The summed E-state index contributed by atoms with van der Waals surface area (Å²) in [7, 11) is 2.50. The number of aliphatic hydroxyl groups is 1. The molecule has 0 heterocycles. The number of nitrogens with one attached hydrogen (secondary N) is 1.